The molecule has 1 fully saturated rings. The van der Waals surface area contributed by atoms with Crippen LogP contribution < -0.4 is 4.72 Å². The Balaban J connectivity index is 2.28. The van der Waals surface area contributed by atoms with E-state index in [1.807, 2.05) is 0 Å². The van der Waals surface area contributed by atoms with E-state index in [2.05, 4.69) is 4.72 Å². The summed E-state index contributed by atoms with van der Waals surface area (Å²) in [7, 11) is -4.19. The van der Waals surface area contributed by atoms with Crippen molar-refractivity contribution in [2.75, 3.05) is 6.61 Å². The standard InChI is InChI=1S/C13H16F3NO4S/c1-12(2)6-9(7-21-12)17-22(19,20)11-4-8(13(14,15)16)3-10(18)5-11/h3-5,9,17-18H,6-7H2,1-2H3. The van der Waals surface area contributed by atoms with Gasteiger partial charge in [-0.25, -0.2) is 13.1 Å². The lowest BCUT2D eigenvalue weighted by Crippen LogP contribution is -2.36. The van der Waals surface area contributed by atoms with Crippen molar-refractivity contribution in [2.24, 2.45) is 0 Å². The number of phenolic OH excluding ortho intramolecular Hbond substituents is 1. The molecule has 0 saturated carbocycles. The van der Waals surface area contributed by atoms with Crippen LogP contribution >= 0.6 is 0 Å². The summed E-state index contributed by atoms with van der Waals surface area (Å²) in [6, 6.07) is 1.21. The Morgan fingerprint density at radius 2 is 1.95 bits per heavy atom. The lowest BCUT2D eigenvalue weighted by Gasteiger charge is -2.16. The first-order valence-electron chi connectivity index (χ1n) is 6.47. The molecule has 1 unspecified atom stereocenters. The molecule has 124 valence electrons. The van der Waals surface area contributed by atoms with Gasteiger partial charge in [-0.15, -0.1) is 0 Å². The van der Waals surface area contributed by atoms with Crippen molar-refractivity contribution in [1.82, 2.24) is 4.72 Å². The molecule has 0 bridgehead atoms. The van der Waals surface area contributed by atoms with Gasteiger partial charge in [-0.2, -0.15) is 13.2 Å². The maximum atomic E-state index is 12.7. The van der Waals surface area contributed by atoms with Crippen molar-refractivity contribution < 1.29 is 31.4 Å². The molecular weight excluding hydrogens is 323 g/mol. The van der Waals surface area contributed by atoms with Crippen molar-refractivity contribution >= 4 is 10.0 Å². The first kappa shape index (κ1) is 17.0. The largest absolute Gasteiger partial charge is 0.508 e. The molecule has 1 atom stereocenters. The minimum absolute atomic E-state index is 0.136. The Morgan fingerprint density at radius 1 is 1.32 bits per heavy atom. The van der Waals surface area contributed by atoms with E-state index in [1.54, 1.807) is 13.8 Å². The molecule has 0 aromatic heterocycles. The number of sulfonamides is 1. The van der Waals surface area contributed by atoms with Gasteiger partial charge in [0.15, 0.2) is 0 Å². The number of aromatic hydroxyl groups is 1. The molecule has 22 heavy (non-hydrogen) atoms. The van der Waals surface area contributed by atoms with Crippen LogP contribution in [0.4, 0.5) is 13.2 Å². The number of benzene rings is 1. The molecular formula is C13H16F3NO4S. The van der Waals surface area contributed by atoms with Crippen LogP contribution in [0, 0.1) is 0 Å². The number of hydrogen-bond donors (Lipinski definition) is 2. The van der Waals surface area contributed by atoms with Crippen LogP contribution in [0.15, 0.2) is 23.1 Å². The number of nitrogens with one attached hydrogen (secondary N) is 1. The maximum Gasteiger partial charge on any atom is 0.416 e. The summed E-state index contributed by atoms with van der Waals surface area (Å²) in [6.45, 7) is 3.71. The predicted octanol–water partition coefficient (Wildman–Crippen LogP) is 2.26. The van der Waals surface area contributed by atoms with Crippen LogP contribution in [0.3, 0.4) is 0 Å². The van der Waals surface area contributed by atoms with Crippen LogP contribution in [0.5, 0.6) is 5.75 Å². The minimum Gasteiger partial charge on any atom is -0.508 e. The van der Waals surface area contributed by atoms with Crippen LogP contribution in [-0.2, 0) is 20.9 Å². The van der Waals surface area contributed by atoms with Gasteiger partial charge in [0.2, 0.25) is 10.0 Å². The van der Waals surface area contributed by atoms with E-state index >= 15 is 0 Å². The molecule has 1 aromatic rings. The molecule has 5 nitrogen and oxygen atoms in total. The predicted molar refractivity (Wildman–Crippen MR) is 71.9 cm³/mol. The minimum atomic E-state index is -4.75. The third-order valence-corrected chi connectivity index (χ3v) is 4.76. The first-order valence-corrected chi connectivity index (χ1v) is 7.95. The third-order valence-electron chi connectivity index (χ3n) is 3.26. The highest BCUT2D eigenvalue weighted by molar-refractivity contribution is 7.89. The summed E-state index contributed by atoms with van der Waals surface area (Å²) >= 11 is 0. The molecule has 9 heteroatoms. The van der Waals surface area contributed by atoms with Gasteiger partial charge < -0.3 is 9.84 Å². The molecule has 1 saturated heterocycles. The number of rotatable bonds is 3. The summed E-state index contributed by atoms with van der Waals surface area (Å²) < 4.78 is 70.1. The van der Waals surface area contributed by atoms with Gasteiger partial charge in [0.25, 0.3) is 0 Å². The van der Waals surface area contributed by atoms with E-state index in [0.29, 0.717) is 18.6 Å². The smallest absolute Gasteiger partial charge is 0.416 e. The van der Waals surface area contributed by atoms with Crippen LogP contribution in [0.2, 0.25) is 0 Å². The zero-order chi connectivity index (χ0) is 16.8. The summed E-state index contributed by atoms with van der Waals surface area (Å²) in [4.78, 5) is -0.635. The molecule has 1 aliphatic rings. The van der Waals surface area contributed by atoms with Crippen molar-refractivity contribution in [3.05, 3.63) is 23.8 Å². The van der Waals surface area contributed by atoms with Gasteiger partial charge in [0, 0.05) is 6.04 Å². The third kappa shape index (κ3) is 3.90. The van der Waals surface area contributed by atoms with Crippen LogP contribution in [-0.4, -0.2) is 31.8 Å². The van der Waals surface area contributed by atoms with Crippen LogP contribution in [0.25, 0.3) is 0 Å². The quantitative estimate of drug-likeness (QED) is 0.886. The number of alkyl halides is 3. The average Bonchev–Trinajstić information content (AvgIpc) is 2.66. The van der Waals surface area contributed by atoms with E-state index < -0.39 is 44.1 Å². The second kappa shape index (κ2) is 5.39. The van der Waals surface area contributed by atoms with E-state index in [-0.39, 0.29) is 6.61 Å². The van der Waals surface area contributed by atoms with Crippen molar-refractivity contribution in [3.8, 4) is 5.75 Å². The Morgan fingerprint density at radius 3 is 2.45 bits per heavy atom. The molecule has 0 aliphatic carbocycles. The molecule has 1 aliphatic heterocycles. The Kier molecular flexibility index (Phi) is 4.18. The Bertz CT molecular complexity index is 670. The SMILES string of the molecule is CC1(C)CC(NS(=O)(=O)c2cc(O)cc(C(F)(F)F)c2)CO1. The van der Waals surface area contributed by atoms with Gasteiger partial charge in [0.1, 0.15) is 5.75 Å². The van der Waals surface area contributed by atoms with Gasteiger partial charge >= 0.3 is 6.18 Å². The lowest BCUT2D eigenvalue weighted by molar-refractivity contribution is -0.137. The zero-order valence-corrected chi connectivity index (χ0v) is 12.8. The van der Waals surface area contributed by atoms with E-state index in [1.165, 1.54) is 0 Å². The molecule has 0 spiro atoms. The molecule has 2 N–H and O–H groups in total. The second-order valence-electron chi connectivity index (χ2n) is 5.81. The highest BCUT2D eigenvalue weighted by atomic mass is 32.2. The number of hydrogen-bond acceptors (Lipinski definition) is 4. The lowest BCUT2D eigenvalue weighted by atomic mass is 10.0. The van der Waals surface area contributed by atoms with Gasteiger partial charge in [-0.05, 0) is 38.5 Å². The number of phenols is 1. The maximum absolute atomic E-state index is 12.7. The fourth-order valence-corrected chi connectivity index (χ4v) is 3.59. The topological polar surface area (TPSA) is 75.6 Å². The highest BCUT2D eigenvalue weighted by Gasteiger charge is 2.36. The van der Waals surface area contributed by atoms with Gasteiger partial charge in [-0.1, -0.05) is 0 Å². The van der Waals surface area contributed by atoms with Crippen molar-refractivity contribution in [3.63, 3.8) is 0 Å². The fourth-order valence-electron chi connectivity index (χ4n) is 2.30. The monoisotopic (exact) mass is 339 g/mol. The first-order chi connectivity index (χ1) is 9.89. The molecule has 2 rings (SSSR count). The van der Waals surface area contributed by atoms with Gasteiger partial charge in [0.05, 0.1) is 22.7 Å². The molecule has 1 aromatic carbocycles. The van der Waals surface area contributed by atoms with Crippen molar-refractivity contribution in [2.45, 2.75) is 43.0 Å². The zero-order valence-electron chi connectivity index (χ0n) is 11.9. The van der Waals surface area contributed by atoms with Gasteiger partial charge in [-0.3, -0.25) is 0 Å². The number of halogens is 3. The molecule has 0 amide bonds. The molecule has 0 radical (unpaired) electrons. The van der Waals surface area contributed by atoms with Crippen LogP contribution in [0.1, 0.15) is 25.8 Å². The summed E-state index contributed by atoms with van der Waals surface area (Å²) in [5.41, 5.74) is -1.72. The fraction of sp³-hybridized carbons (Fsp3) is 0.538. The Labute approximate surface area is 126 Å². The average molecular weight is 339 g/mol. The second-order valence-corrected chi connectivity index (χ2v) is 7.52. The number of ether oxygens (including phenoxy) is 1. The Hall–Kier alpha value is -1.32. The molecule has 1 heterocycles. The van der Waals surface area contributed by atoms with E-state index in [9.17, 15) is 26.7 Å². The van der Waals surface area contributed by atoms with E-state index in [4.69, 9.17) is 4.74 Å². The van der Waals surface area contributed by atoms with Crippen molar-refractivity contribution in [1.29, 1.82) is 0 Å². The van der Waals surface area contributed by atoms with E-state index in [0.717, 1.165) is 6.07 Å². The summed E-state index contributed by atoms with van der Waals surface area (Å²) in [5.74, 6) is -0.766. The summed E-state index contributed by atoms with van der Waals surface area (Å²) in [5, 5.41) is 9.35. The summed E-state index contributed by atoms with van der Waals surface area (Å²) in [6.07, 6.45) is -4.35. The normalized spacial score (nSPS) is 22.0. The highest BCUT2D eigenvalue weighted by Crippen LogP contribution is 2.34.